The van der Waals surface area contributed by atoms with Crippen LogP contribution in [0.15, 0.2) is 12.3 Å². The Morgan fingerprint density at radius 3 is 2.87 bits per heavy atom. The van der Waals surface area contributed by atoms with E-state index in [1.807, 2.05) is 6.92 Å². The molecule has 1 aromatic heterocycles. The zero-order valence-corrected chi connectivity index (χ0v) is 8.62. The summed E-state index contributed by atoms with van der Waals surface area (Å²) in [4.78, 5) is 14.7. The van der Waals surface area contributed by atoms with Gasteiger partial charge in [0, 0.05) is 12.5 Å². The molecular formula is C10H12FNO3. The molecule has 0 bridgehead atoms. The molecule has 0 unspecified atom stereocenters. The number of ether oxygens (including phenoxy) is 2. The smallest absolute Gasteiger partial charge is 0.311 e. The molecule has 15 heavy (non-hydrogen) atoms. The fraction of sp³-hybridized carbons (Fsp3) is 0.400. The number of esters is 1. The average Bonchev–Trinajstić information content (AvgIpc) is 2.18. The summed E-state index contributed by atoms with van der Waals surface area (Å²) in [5.74, 6) is -1.08. The molecule has 0 fully saturated rings. The van der Waals surface area contributed by atoms with Gasteiger partial charge in [-0.15, -0.1) is 0 Å². The van der Waals surface area contributed by atoms with Crippen molar-refractivity contribution >= 4 is 5.97 Å². The molecule has 0 amide bonds. The zero-order chi connectivity index (χ0) is 11.3. The van der Waals surface area contributed by atoms with Crippen LogP contribution < -0.4 is 9.47 Å². The Kier molecular flexibility index (Phi) is 4.03. The van der Waals surface area contributed by atoms with Crippen LogP contribution in [0.3, 0.4) is 0 Å². The Hall–Kier alpha value is -1.65. The van der Waals surface area contributed by atoms with Gasteiger partial charge in [-0.1, -0.05) is 6.92 Å². The first kappa shape index (κ1) is 11.4. The van der Waals surface area contributed by atoms with Gasteiger partial charge in [-0.3, -0.25) is 4.79 Å². The summed E-state index contributed by atoms with van der Waals surface area (Å²) < 4.78 is 22.6. The number of pyridine rings is 1. The lowest BCUT2D eigenvalue weighted by Gasteiger charge is -2.04. The van der Waals surface area contributed by atoms with Gasteiger partial charge in [-0.2, -0.15) is 0 Å². The maximum Gasteiger partial charge on any atom is 0.311 e. The summed E-state index contributed by atoms with van der Waals surface area (Å²) in [6, 6.07) is 1.07. The molecular weight excluding hydrogens is 201 g/mol. The number of halogens is 1. The van der Waals surface area contributed by atoms with Crippen LogP contribution in [-0.2, 0) is 4.79 Å². The van der Waals surface area contributed by atoms with E-state index in [2.05, 4.69) is 9.72 Å². The molecule has 0 atom stereocenters. The van der Waals surface area contributed by atoms with Gasteiger partial charge < -0.3 is 9.47 Å². The van der Waals surface area contributed by atoms with Gasteiger partial charge in [-0.25, -0.2) is 9.37 Å². The molecule has 4 nitrogen and oxygen atoms in total. The van der Waals surface area contributed by atoms with E-state index in [1.54, 1.807) is 0 Å². The predicted molar refractivity (Wildman–Crippen MR) is 51.3 cm³/mol. The van der Waals surface area contributed by atoms with E-state index in [0.29, 0.717) is 12.8 Å². The second-order valence-electron chi connectivity index (χ2n) is 2.89. The molecule has 0 aliphatic heterocycles. The SMILES string of the molecule is CCCC(=O)Oc1cnc(OC)c(F)c1. The zero-order valence-electron chi connectivity index (χ0n) is 8.62. The minimum absolute atomic E-state index is 0.0896. The van der Waals surface area contributed by atoms with Gasteiger partial charge in [0.15, 0.2) is 11.6 Å². The number of carbonyl (C=O) groups is 1. The maximum atomic E-state index is 13.1. The van der Waals surface area contributed by atoms with Gasteiger partial charge in [0.05, 0.1) is 13.3 Å². The van der Waals surface area contributed by atoms with E-state index in [0.717, 1.165) is 6.07 Å². The molecule has 0 aromatic carbocycles. The topological polar surface area (TPSA) is 48.4 Å². The highest BCUT2D eigenvalue weighted by atomic mass is 19.1. The highest BCUT2D eigenvalue weighted by Gasteiger charge is 2.08. The van der Waals surface area contributed by atoms with Gasteiger partial charge in [0.25, 0.3) is 0 Å². The van der Waals surface area contributed by atoms with Crippen molar-refractivity contribution in [3.8, 4) is 11.6 Å². The Labute approximate surface area is 87.0 Å². The number of rotatable bonds is 4. The summed E-state index contributed by atoms with van der Waals surface area (Å²) in [7, 11) is 1.31. The fourth-order valence-corrected chi connectivity index (χ4v) is 1.00. The molecule has 0 saturated carbocycles. The molecule has 82 valence electrons. The van der Waals surface area contributed by atoms with E-state index in [4.69, 9.17) is 4.74 Å². The minimum Gasteiger partial charge on any atom is -0.479 e. The Morgan fingerprint density at radius 1 is 1.60 bits per heavy atom. The van der Waals surface area contributed by atoms with E-state index >= 15 is 0 Å². The van der Waals surface area contributed by atoms with Crippen LogP contribution >= 0.6 is 0 Å². The quantitative estimate of drug-likeness (QED) is 0.717. The molecule has 5 heteroatoms. The van der Waals surface area contributed by atoms with Crippen molar-refractivity contribution in [3.63, 3.8) is 0 Å². The summed E-state index contributed by atoms with van der Waals surface area (Å²) in [6.45, 7) is 1.86. The number of methoxy groups -OCH3 is 1. The second-order valence-corrected chi connectivity index (χ2v) is 2.89. The van der Waals surface area contributed by atoms with Crippen molar-refractivity contribution in [2.75, 3.05) is 7.11 Å². The first-order valence-electron chi connectivity index (χ1n) is 4.57. The lowest BCUT2D eigenvalue weighted by atomic mass is 10.3. The molecule has 0 spiro atoms. The van der Waals surface area contributed by atoms with E-state index < -0.39 is 11.8 Å². The van der Waals surface area contributed by atoms with Crippen molar-refractivity contribution < 1.29 is 18.7 Å². The van der Waals surface area contributed by atoms with Crippen LogP contribution in [0.5, 0.6) is 11.6 Å². The summed E-state index contributed by atoms with van der Waals surface area (Å²) in [5, 5.41) is 0. The van der Waals surface area contributed by atoms with Gasteiger partial charge >= 0.3 is 5.97 Å². The molecule has 0 aliphatic rings. The van der Waals surface area contributed by atoms with Gasteiger partial charge in [-0.05, 0) is 6.42 Å². The van der Waals surface area contributed by atoms with Crippen molar-refractivity contribution in [2.45, 2.75) is 19.8 Å². The van der Waals surface area contributed by atoms with Crippen LogP contribution in [0, 0.1) is 5.82 Å². The van der Waals surface area contributed by atoms with Crippen LogP contribution in [0.25, 0.3) is 0 Å². The molecule has 1 rings (SSSR count). The molecule has 0 saturated heterocycles. The predicted octanol–water partition coefficient (Wildman–Crippen LogP) is 1.93. The molecule has 0 N–H and O–H groups in total. The number of hydrogen-bond donors (Lipinski definition) is 0. The normalized spacial score (nSPS) is 9.80. The molecule has 1 heterocycles. The molecule has 0 aliphatic carbocycles. The number of carbonyl (C=O) groups excluding carboxylic acids is 1. The maximum absolute atomic E-state index is 13.1. The van der Waals surface area contributed by atoms with Gasteiger partial charge in [0.2, 0.25) is 5.88 Å². The Balaban J connectivity index is 2.71. The standard InChI is InChI=1S/C10H12FNO3/c1-3-4-9(13)15-7-5-8(11)10(14-2)12-6-7/h5-6H,3-4H2,1-2H3. The van der Waals surface area contributed by atoms with Crippen molar-refractivity contribution in [2.24, 2.45) is 0 Å². The molecule has 0 radical (unpaired) electrons. The Morgan fingerprint density at radius 2 is 2.33 bits per heavy atom. The highest BCUT2D eigenvalue weighted by molar-refractivity contribution is 5.72. The minimum atomic E-state index is -0.653. The first-order chi connectivity index (χ1) is 7.17. The first-order valence-corrected chi connectivity index (χ1v) is 4.57. The van der Waals surface area contributed by atoms with Crippen molar-refractivity contribution in [1.29, 1.82) is 0 Å². The van der Waals surface area contributed by atoms with E-state index in [9.17, 15) is 9.18 Å². The van der Waals surface area contributed by atoms with Crippen LogP contribution in [0.1, 0.15) is 19.8 Å². The van der Waals surface area contributed by atoms with E-state index in [-0.39, 0.29) is 11.6 Å². The van der Waals surface area contributed by atoms with Crippen LogP contribution in [0.2, 0.25) is 0 Å². The third-order valence-corrected chi connectivity index (χ3v) is 1.66. The lowest BCUT2D eigenvalue weighted by Crippen LogP contribution is -2.07. The van der Waals surface area contributed by atoms with Crippen LogP contribution in [-0.4, -0.2) is 18.1 Å². The third-order valence-electron chi connectivity index (χ3n) is 1.66. The number of hydrogen-bond acceptors (Lipinski definition) is 4. The monoisotopic (exact) mass is 213 g/mol. The number of aromatic nitrogens is 1. The van der Waals surface area contributed by atoms with Gasteiger partial charge in [0.1, 0.15) is 0 Å². The van der Waals surface area contributed by atoms with E-state index in [1.165, 1.54) is 13.3 Å². The average molecular weight is 213 g/mol. The highest BCUT2D eigenvalue weighted by Crippen LogP contribution is 2.19. The van der Waals surface area contributed by atoms with Crippen LogP contribution in [0.4, 0.5) is 4.39 Å². The van der Waals surface area contributed by atoms with Crippen molar-refractivity contribution in [1.82, 2.24) is 4.98 Å². The summed E-state index contributed by atoms with van der Waals surface area (Å²) >= 11 is 0. The lowest BCUT2D eigenvalue weighted by molar-refractivity contribution is -0.134. The second kappa shape index (κ2) is 5.29. The Bertz CT molecular complexity index is 355. The molecule has 1 aromatic rings. The largest absolute Gasteiger partial charge is 0.479 e. The number of nitrogens with zero attached hydrogens (tertiary/aromatic N) is 1. The summed E-state index contributed by atoms with van der Waals surface area (Å²) in [5.41, 5.74) is 0. The third kappa shape index (κ3) is 3.19. The fourth-order valence-electron chi connectivity index (χ4n) is 1.00. The van der Waals surface area contributed by atoms with Crippen molar-refractivity contribution in [3.05, 3.63) is 18.1 Å². The summed E-state index contributed by atoms with van der Waals surface area (Å²) in [6.07, 6.45) is 2.23.